The Kier molecular flexibility index (Phi) is 14.4. The van der Waals surface area contributed by atoms with Crippen molar-refractivity contribution in [2.75, 3.05) is 7.05 Å². The number of hydrogen-bond donors (Lipinski definition) is 2. The maximum absolute atomic E-state index is 11.0. The maximum Gasteiger partial charge on any atom is 0.219 e. The lowest BCUT2D eigenvalue weighted by Crippen LogP contribution is -2.18. The summed E-state index contributed by atoms with van der Waals surface area (Å²) in [6.45, 7) is 2.25. The average molecular weight is 285 g/mol. The summed E-state index contributed by atoms with van der Waals surface area (Å²) in [5, 5.41) is 12.4. The molecular weight excluding hydrogens is 250 g/mol. The van der Waals surface area contributed by atoms with Crippen LogP contribution in [-0.2, 0) is 4.79 Å². The number of carbonyl (C=O) groups is 1. The molecule has 1 amide bonds. The molecule has 0 unspecified atom stereocenters. The van der Waals surface area contributed by atoms with Crippen LogP contribution in [0.5, 0.6) is 0 Å². The zero-order chi connectivity index (χ0) is 15.1. The third kappa shape index (κ3) is 13.9. The Morgan fingerprint density at radius 1 is 0.900 bits per heavy atom. The van der Waals surface area contributed by atoms with Gasteiger partial charge in [-0.15, -0.1) is 0 Å². The van der Waals surface area contributed by atoms with Gasteiger partial charge in [0.25, 0.3) is 0 Å². The summed E-state index contributed by atoms with van der Waals surface area (Å²) in [6.07, 6.45) is 14.6. The van der Waals surface area contributed by atoms with Crippen molar-refractivity contribution in [1.29, 1.82) is 0 Å². The van der Waals surface area contributed by atoms with E-state index in [1.54, 1.807) is 7.05 Å². The minimum atomic E-state index is -0.218. The molecule has 0 saturated heterocycles. The second-order valence-electron chi connectivity index (χ2n) is 5.84. The number of nitrogens with one attached hydrogen (secondary N) is 1. The van der Waals surface area contributed by atoms with E-state index in [4.69, 9.17) is 0 Å². The van der Waals surface area contributed by atoms with Crippen molar-refractivity contribution in [1.82, 2.24) is 5.32 Å². The summed E-state index contributed by atoms with van der Waals surface area (Å²) in [6, 6.07) is 0. The molecule has 0 radical (unpaired) electrons. The van der Waals surface area contributed by atoms with E-state index in [1.165, 1.54) is 51.4 Å². The van der Waals surface area contributed by atoms with Crippen LogP contribution in [0.15, 0.2) is 0 Å². The first kappa shape index (κ1) is 19.4. The van der Waals surface area contributed by atoms with E-state index in [0.29, 0.717) is 6.42 Å². The number of aliphatic hydroxyl groups is 1. The fourth-order valence-electron chi connectivity index (χ4n) is 2.46. The van der Waals surface area contributed by atoms with Crippen LogP contribution in [0.2, 0.25) is 0 Å². The summed E-state index contributed by atoms with van der Waals surface area (Å²) >= 11 is 0. The minimum absolute atomic E-state index is 0.0697. The van der Waals surface area contributed by atoms with Gasteiger partial charge in [0, 0.05) is 13.5 Å². The van der Waals surface area contributed by atoms with Crippen LogP contribution in [0.25, 0.3) is 0 Å². The first-order chi connectivity index (χ1) is 9.70. The van der Waals surface area contributed by atoms with Crippen molar-refractivity contribution in [3.63, 3.8) is 0 Å². The van der Waals surface area contributed by atoms with Crippen LogP contribution in [0.3, 0.4) is 0 Å². The number of hydrogen-bond acceptors (Lipinski definition) is 2. The molecule has 20 heavy (non-hydrogen) atoms. The number of unbranched alkanes of at least 4 members (excludes halogenated alkanes) is 8. The average Bonchev–Trinajstić information content (AvgIpc) is 2.45. The van der Waals surface area contributed by atoms with Crippen LogP contribution in [0.4, 0.5) is 0 Å². The summed E-state index contributed by atoms with van der Waals surface area (Å²) in [4.78, 5) is 11.0. The molecular formula is C17H35NO2. The first-order valence-corrected chi connectivity index (χ1v) is 8.59. The van der Waals surface area contributed by atoms with Gasteiger partial charge in [-0.25, -0.2) is 0 Å². The predicted octanol–water partition coefficient (Wildman–Crippen LogP) is 4.18. The van der Waals surface area contributed by atoms with Gasteiger partial charge in [-0.2, -0.15) is 0 Å². The number of aliphatic hydroxyl groups excluding tert-OH is 1. The molecule has 0 aliphatic heterocycles. The van der Waals surface area contributed by atoms with E-state index in [2.05, 4.69) is 12.2 Å². The molecule has 3 nitrogen and oxygen atoms in total. The highest BCUT2D eigenvalue weighted by Gasteiger charge is 2.05. The van der Waals surface area contributed by atoms with E-state index in [-0.39, 0.29) is 12.0 Å². The van der Waals surface area contributed by atoms with Crippen LogP contribution < -0.4 is 5.32 Å². The SMILES string of the molecule is CCCCCCCCCCC[C@@H](O)CCCC(=O)NC. The van der Waals surface area contributed by atoms with Crippen molar-refractivity contribution < 1.29 is 9.90 Å². The topological polar surface area (TPSA) is 49.3 Å². The molecule has 0 aromatic heterocycles. The van der Waals surface area contributed by atoms with Gasteiger partial charge in [-0.1, -0.05) is 64.7 Å². The van der Waals surface area contributed by atoms with Crippen molar-refractivity contribution in [2.45, 2.75) is 96.5 Å². The molecule has 0 aromatic rings. The van der Waals surface area contributed by atoms with Gasteiger partial charge >= 0.3 is 0 Å². The van der Waals surface area contributed by atoms with Gasteiger partial charge < -0.3 is 10.4 Å². The largest absolute Gasteiger partial charge is 0.393 e. The van der Waals surface area contributed by atoms with Crippen LogP contribution in [0.1, 0.15) is 90.4 Å². The van der Waals surface area contributed by atoms with E-state index < -0.39 is 0 Å². The highest BCUT2D eigenvalue weighted by Crippen LogP contribution is 2.13. The van der Waals surface area contributed by atoms with E-state index in [9.17, 15) is 9.90 Å². The fourth-order valence-corrected chi connectivity index (χ4v) is 2.46. The first-order valence-electron chi connectivity index (χ1n) is 8.59. The molecule has 0 heterocycles. The smallest absolute Gasteiger partial charge is 0.219 e. The van der Waals surface area contributed by atoms with E-state index in [1.807, 2.05) is 0 Å². The highest BCUT2D eigenvalue weighted by molar-refractivity contribution is 5.75. The Morgan fingerprint density at radius 2 is 1.40 bits per heavy atom. The Labute approximate surface area is 125 Å². The molecule has 0 rings (SSSR count). The molecule has 2 N–H and O–H groups in total. The zero-order valence-electron chi connectivity index (χ0n) is 13.6. The van der Waals surface area contributed by atoms with Gasteiger partial charge in [0.15, 0.2) is 0 Å². The highest BCUT2D eigenvalue weighted by atomic mass is 16.3. The monoisotopic (exact) mass is 285 g/mol. The van der Waals surface area contributed by atoms with Crippen LogP contribution >= 0.6 is 0 Å². The Morgan fingerprint density at radius 3 is 1.95 bits per heavy atom. The standard InChI is InChI=1S/C17H35NO2/c1-3-4-5-6-7-8-9-10-11-13-16(19)14-12-15-17(20)18-2/h16,19H,3-15H2,1-2H3,(H,18,20)/t16-/m1/s1. The lowest BCUT2D eigenvalue weighted by atomic mass is 10.0. The van der Waals surface area contributed by atoms with E-state index >= 15 is 0 Å². The maximum atomic E-state index is 11.0. The summed E-state index contributed by atoms with van der Waals surface area (Å²) < 4.78 is 0. The molecule has 3 heteroatoms. The Hall–Kier alpha value is -0.570. The molecule has 0 bridgehead atoms. The predicted molar refractivity (Wildman–Crippen MR) is 85.8 cm³/mol. The van der Waals surface area contributed by atoms with Gasteiger partial charge in [0.05, 0.1) is 6.10 Å². The molecule has 120 valence electrons. The molecule has 1 atom stereocenters. The van der Waals surface area contributed by atoms with Crippen LogP contribution in [0, 0.1) is 0 Å². The van der Waals surface area contributed by atoms with Crippen molar-refractivity contribution in [3.05, 3.63) is 0 Å². The van der Waals surface area contributed by atoms with Gasteiger partial charge in [0.2, 0.25) is 5.91 Å². The second kappa shape index (κ2) is 14.8. The number of rotatable bonds is 14. The quantitative estimate of drug-likeness (QED) is 0.470. The third-order valence-corrected chi connectivity index (χ3v) is 3.86. The lowest BCUT2D eigenvalue weighted by molar-refractivity contribution is -0.120. The lowest BCUT2D eigenvalue weighted by Gasteiger charge is -2.09. The number of amides is 1. The van der Waals surface area contributed by atoms with Gasteiger partial charge in [0.1, 0.15) is 0 Å². The van der Waals surface area contributed by atoms with Crippen LogP contribution in [-0.4, -0.2) is 24.2 Å². The molecule has 0 fully saturated rings. The van der Waals surface area contributed by atoms with E-state index in [0.717, 1.165) is 25.7 Å². The zero-order valence-corrected chi connectivity index (χ0v) is 13.6. The van der Waals surface area contributed by atoms with Crippen molar-refractivity contribution in [3.8, 4) is 0 Å². The summed E-state index contributed by atoms with van der Waals surface area (Å²) in [5.41, 5.74) is 0. The summed E-state index contributed by atoms with van der Waals surface area (Å²) in [5.74, 6) is 0.0697. The molecule has 0 saturated carbocycles. The Balaban J connectivity index is 3.19. The van der Waals surface area contributed by atoms with Gasteiger partial charge in [-0.3, -0.25) is 4.79 Å². The van der Waals surface area contributed by atoms with Gasteiger partial charge in [-0.05, 0) is 19.3 Å². The minimum Gasteiger partial charge on any atom is -0.393 e. The van der Waals surface area contributed by atoms with Crippen molar-refractivity contribution >= 4 is 5.91 Å². The second-order valence-corrected chi connectivity index (χ2v) is 5.84. The normalized spacial score (nSPS) is 12.3. The van der Waals surface area contributed by atoms with Crippen molar-refractivity contribution in [2.24, 2.45) is 0 Å². The molecule has 0 aromatic carbocycles. The number of carbonyl (C=O) groups excluding carboxylic acids is 1. The summed E-state index contributed by atoms with van der Waals surface area (Å²) in [7, 11) is 1.65. The fraction of sp³-hybridized carbons (Fsp3) is 0.941. The molecule has 0 spiro atoms. The Bertz CT molecular complexity index is 219. The molecule has 0 aliphatic rings. The third-order valence-electron chi connectivity index (χ3n) is 3.86. The molecule has 0 aliphatic carbocycles.